The minimum Gasteiger partial charge on any atom is -0.478 e. The number of nitrogens with zero attached hydrogens (tertiary/aromatic N) is 1. The Labute approximate surface area is 89.3 Å². The van der Waals surface area contributed by atoms with Crippen molar-refractivity contribution in [3.05, 3.63) is 29.3 Å². The Bertz CT molecular complexity index is 385. The lowest BCUT2D eigenvalue weighted by atomic mass is 10.1. The van der Waals surface area contributed by atoms with Gasteiger partial charge in [-0.15, -0.1) is 0 Å². The van der Waals surface area contributed by atoms with Gasteiger partial charge in [0.15, 0.2) is 0 Å². The number of anilines is 1. The maximum Gasteiger partial charge on any atom is 0.335 e. The molecule has 0 bridgehead atoms. The normalized spacial score (nSPS) is 14.1. The van der Waals surface area contributed by atoms with Crippen LogP contribution in [0, 0.1) is 0 Å². The van der Waals surface area contributed by atoms with Gasteiger partial charge in [0.05, 0.1) is 5.56 Å². The van der Waals surface area contributed by atoms with Crippen LogP contribution in [0.25, 0.3) is 0 Å². The van der Waals surface area contributed by atoms with E-state index in [1.54, 1.807) is 12.1 Å². The zero-order valence-corrected chi connectivity index (χ0v) is 8.86. The fourth-order valence-corrected chi connectivity index (χ4v) is 2.08. The van der Waals surface area contributed by atoms with Gasteiger partial charge in [-0.05, 0) is 30.5 Å². The van der Waals surface area contributed by atoms with Crippen LogP contribution in [0.3, 0.4) is 0 Å². The Hall–Kier alpha value is -1.51. The van der Waals surface area contributed by atoms with E-state index in [1.807, 2.05) is 6.07 Å². The largest absolute Gasteiger partial charge is 0.478 e. The Morgan fingerprint density at radius 2 is 2.33 bits per heavy atom. The van der Waals surface area contributed by atoms with Crippen molar-refractivity contribution in [2.75, 3.05) is 18.0 Å². The molecule has 0 spiro atoms. The lowest BCUT2D eigenvalue weighted by Crippen LogP contribution is -2.21. The number of carboxylic acids is 1. The van der Waals surface area contributed by atoms with E-state index in [0.29, 0.717) is 5.56 Å². The molecule has 15 heavy (non-hydrogen) atoms. The third kappa shape index (κ3) is 1.82. The van der Waals surface area contributed by atoms with Crippen LogP contribution >= 0.6 is 0 Å². The van der Waals surface area contributed by atoms with E-state index in [0.717, 1.165) is 31.6 Å². The third-order valence-electron chi connectivity index (χ3n) is 2.82. The molecule has 0 atom stereocenters. The van der Waals surface area contributed by atoms with Gasteiger partial charge in [-0.3, -0.25) is 0 Å². The van der Waals surface area contributed by atoms with Gasteiger partial charge in [0.1, 0.15) is 0 Å². The first-order valence-electron chi connectivity index (χ1n) is 5.33. The molecule has 0 unspecified atom stereocenters. The quantitative estimate of drug-likeness (QED) is 0.822. The molecule has 0 amide bonds. The monoisotopic (exact) mass is 205 g/mol. The Morgan fingerprint density at radius 3 is 3.00 bits per heavy atom. The molecular formula is C12H15NO2. The second-order valence-corrected chi connectivity index (χ2v) is 3.89. The van der Waals surface area contributed by atoms with Crippen molar-refractivity contribution in [1.82, 2.24) is 0 Å². The van der Waals surface area contributed by atoms with E-state index in [9.17, 15) is 4.79 Å². The van der Waals surface area contributed by atoms with Gasteiger partial charge in [-0.1, -0.05) is 13.0 Å². The van der Waals surface area contributed by atoms with Crippen LogP contribution in [-0.4, -0.2) is 24.2 Å². The highest BCUT2D eigenvalue weighted by molar-refractivity contribution is 5.89. The SMILES string of the molecule is CCCN1CCc2ccc(C(=O)O)cc21. The molecule has 0 aromatic heterocycles. The van der Waals surface area contributed by atoms with Gasteiger partial charge in [-0.25, -0.2) is 4.79 Å². The van der Waals surface area contributed by atoms with Crippen LogP contribution in [0.2, 0.25) is 0 Å². The molecule has 2 rings (SSSR count). The number of hydrogen-bond acceptors (Lipinski definition) is 2. The lowest BCUT2D eigenvalue weighted by Gasteiger charge is -2.18. The zero-order chi connectivity index (χ0) is 10.8. The molecule has 0 aliphatic carbocycles. The van der Waals surface area contributed by atoms with Gasteiger partial charge in [0.25, 0.3) is 0 Å². The van der Waals surface area contributed by atoms with Gasteiger partial charge < -0.3 is 10.0 Å². The van der Waals surface area contributed by atoms with Crippen molar-refractivity contribution in [3.8, 4) is 0 Å². The summed E-state index contributed by atoms with van der Waals surface area (Å²) >= 11 is 0. The molecule has 80 valence electrons. The van der Waals surface area contributed by atoms with E-state index in [-0.39, 0.29) is 0 Å². The fourth-order valence-electron chi connectivity index (χ4n) is 2.08. The first-order chi connectivity index (χ1) is 7.22. The summed E-state index contributed by atoms with van der Waals surface area (Å²) in [6.07, 6.45) is 2.13. The molecule has 0 saturated heterocycles. The summed E-state index contributed by atoms with van der Waals surface area (Å²) in [7, 11) is 0. The minimum absolute atomic E-state index is 0.386. The van der Waals surface area contributed by atoms with Gasteiger partial charge in [-0.2, -0.15) is 0 Å². The number of carbonyl (C=O) groups is 1. The smallest absolute Gasteiger partial charge is 0.335 e. The van der Waals surface area contributed by atoms with Crippen molar-refractivity contribution >= 4 is 11.7 Å². The van der Waals surface area contributed by atoms with Gasteiger partial charge >= 0.3 is 5.97 Å². The van der Waals surface area contributed by atoms with Crippen LogP contribution in [0.4, 0.5) is 5.69 Å². The fraction of sp³-hybridized carbons (Fsp3) is 0.417. The standard InChI is InChI=1S/C12H15NO2/c1-2-6-13-7-5-9-3-4-10(12(14)15)8-11(9)13/h3-4,8H,2,5-7H2,1H3,(H,14,15). The first-order valence-corrected chi connectivity index (χ1v) is 5.33. The highest BCUT2D eigenvalue weighted by Crippen LogP contribution is 2.28. The van der Waals surface area contributed by atoms with E-state index in [1.165, 1.54) is 5.56 Å². The molecule has 3 heteroatoms. The van der Waals surface area contributed by atoms with Crippen LogP contribution < -0.4 is 4.90 Å². The predicted octanol–water partition coefficient (Wildman–Crippen LogP) is 2.16. The highest BCUT2D eigenvalue weighted by atomic mass is 16.4. The van der Waals surface area contributed by atoms with E-state index < -0.39 is 5.97 Å². The van der Waals surface area contributed by atoms with E-state index in [4.69, 9.17) is 5.11 Å². The number of aromatic carboxylic acids is 1. The van der Waals surface area contributed by atoms with E-state index >= 15 is 0 Å². The molecule has 1 aromatic rings. The molecule has 3 nitrogen and oxygen atoms in total. The summed E-state index contributed by atoms with van der Waals surface area (Å²) in [4.78, 5) is 13.1. The second kappa shape index (κ2) is 3.93. The third-order valence-corrected chi connectivity index (χ3v) is 2.82. The summed E-state index contributed by atoms with van der Waals surface area (Å²) in [5.74, 6) is -0.846. The Kier molecular flexibility index (Phi) is 2.62. The van der Waals surface area contributed by atoms with Crippen molar-refractivity contribution < 1.29 is 9.90 Å². The molecule has 1 aromatic carbocycles. The maximum atomic E-state index is 10.8. The summed E-state index contributed by atoms with van der Waals surface area (Å²) < 4.78 is 0. The highest BCUT2D eigenvalue weighted by Gasteiger charge is 2.19. The second-order valence-electron chi connectivity index (χ2n) is 3.89. The number of benzene rings is 1. The minimum atomic E-state index is -0.846. The molecule has 1 N–H and O–H groups in total. The molecule has 0 saturated carbocycles. The summed E-state index contributed by atoms with van der Waals surface area (Å²) in [6.45, 7) is 4.17. The van der Waals surface area contributed by atoms with Crippen molar-refractivity contribution in [3.63, 3.8) is 0 Å². The van der Waals surface area contributed by atoms with Crippen LogP contribution in [0.1, 0.15) is 29.3 Å². The van der Waals surface area contributed by atoms with E-state index in [2.05, 4.69) is 11.8 Å². The average Bonchev–Trinajstić information content (AvgIpc) is 2.61. The topological polar surface area (TPSA) is 40.5 Å². The summed E-state index contributed by atoms with van der Waals surface area (Å²) in [5.41, 5.74) is 2.77. The molecule has 0 fully saturated rings. The molecule has 0 radical (unpaired) electrons. The maximum absolute atomic E-state index is 10.8. The van der Waals surface area contributed by atoms with Crippen LogP contribution in [0.5, 0.6) is 0 Å². The van der Waals surface area contributed by atoms with Crippen molar-refractivity contribution in [2.24, 2.45) is 0 Å². The van der Waals surface area contributed by atoms with Crippen molar-refractivity contribution in [2.45, 2.75) is 19.8 Å². The Balaban J connectivity index is 2.33. The van der Waals surface area contributed by atoms with Crippen LogP contribution in [0.15, 0.2) is 18.2 Å². The number of hydrogen-bond donors (Lipinski definition) is 1. The molecule has 1 aliphatic rings. The zero-order valence-electron chi connectivity index (χ0n) is 8.86. The summed E-state index contributed by atoms with van der Waals surface area (Å²) in [6, 6.07) is 5.42. The van der Waals surface area contributed by atoms with Crippen LogP contribution in [-0.2, 0) is 6.42 Å². The summed E-state index contributed by atoms with van der Waals surface area (Å²) in [5, 5.41) is 8.91. The van der Waals surface area contributed by atoms with Gasteiger partial charge in [0, 0.05) is 18.8 Å². The number of fused-ring (bicyclic) bond motifs is 1. The number of rotatable bonds is 3. The predicted molar refractivity (Wildman–Crippen MR) is 59.6 cm³/mol. The lowest BCUT2D eigenvalue weighted by molar-refractivity contribution is 0.0697. The average molecular weight is 205 g/mol. The number of carboxylic acid groups (broad SMARTS) is 1. The van der Waals surface area contributed by atoms with Crippen molar-refractivity contribution in [1.29, 1.82) is 0 Å². The van der Waals surface area contributed by atoms with Gasteiger partial charge in [0.2, 0.25) is 0 Å². The molecule has 1 heterocycles. The molecular weight excluding hydrogens is 190 g/mol. The first kappa shape index (κ1) is 10.0. The molecule has 1 aliphatic heterocycles. The Morgan fingerprint density at radius 1 is 1.53 bits per heavy atom.